The van der Waals surface area contributed by atoms with Crippen molar-refractivity contribution in [3.8, 4) is 0 Å². The zero-order chi connectivity index (χ0) is 12.8. The van der Waals surface area contributed by atoms with Gasteiger partial charge >= 0.3 is 0 Å². The molecule has 1 aliphatic rings. The molecule has 17 heavy (non-hydrogen) atoms. The van der Waals surface area contributed by atoms with Gasteiger partial charge in [-0.15, -0.1) is 0 Å². The number of piperidine rings is 1. The maximum absolute atomic E-state index is 12.4. The van der Waals surface area contributed by atoms with E-state index in [0.29, 0.717) is 6.04 Å². The Balaban J connectivity index is 2.56. The van der Waals surface area contributed by atoms with Crippen LogP contribution in [0.2, 0.25) is 0 Å². The van der Waals surface area contributed by atoms with Crippen LogP contribution < -0.4 is 5.32 Å². The van der Waals surface area contributed by atoms with E-state index >= 15 is 0 Å². The molecular formula is C14H28N2O. The summed E-state index contributed by atoms with van der Waals surface area (Å²) in [6, 6.07) is 0.450. The summed E-state index contributed by atoms with van der Waals surface area (Å²) in [6.07, 6.45) is 5.51. The van der Waals surface area contributed by atoms with Gasteiger partial charge in [0.25, 0.3) is 0 Å². The summed E-state index contributed by atoms with van der Waals surface area (Å²) in [5, 5.41) is 3.38. The number of hydrogen-bond acceptors (Lipinski definition) is 2. The van der Waals surface area contributed by atoms with E-state index in [2.05, 4.69) is 26.1 Å². The van der Waals surface area contributed by atoms with Gasteiger partial charge in [0.2, 0.25) is 5.91 Å². The molecule has 1 heterocycles. The van der Waals surface area contributed by atoms with Crippen molar-refractivity contribution >= 4 is 5.91 Å². The molecule has 0 aromatic heterocycles. The molecule has 0 aliphatic carbocycles. The fourth-order valence-corrected chi connectivity index (χ4v) is 2.82. The van der Waals surface area contributed by atoms with Crippen LogP contribution in [0.15, 0.2) is 0 Å². The summed E-state index contributed by atoms with van der Waals surface area (Å²) in [6.45, 7) is 7.52. The van der Waals surface area contributed by atoms with E-state index in [9.17, 15) is 4.79 Å². The second kappa shape index (κ2) is 7.00. The lowest BCUT2D eigenvalue weighted by Gasteiger charge is -2.34. The SMILES string of the molecule is CCC1CCNC(C(=O)N(C)C(CC)CC)C1. The standard InChI is InChI=1S/C14H28N2O/c1-5-11-8-9-15-13(10-11)14(17)16(4)12(6-2)7-3/h11-13,15H,5-10H2,1-4H3. The molecule has 2 unspecified atom stereocenters. The molecule has 0 bridgehead atoms. The molecule has 1 saturated heterocycles. The first-order valence-electron chi connectivity index (χ1n) is 7.13. The van der Waals surface area contributed by atoms with Crippen LogP contribution in [0.5, 0.6) is 0 Å². The van der Waals surface area contributed by atoms with Crippen LogP contribution in [0.3, 0.4) is 0 Å². The first-order valence-corrected chi connectivity index (χ1v) is 7.13. The minimum atomic E-state index is 0.0549. The van der Waals surface area contributed by atoms with Crippen LogP contribution in [-0.2, 0) is 4.79 Å². The lowest BCUT2D eigenvalue weighted by Crippen LogP contribution is -2.51. The van der Waals surface area contributed by atoms with E-state index in [4.69, 9.17) is 0 Å². The third-order valence-corrected chi connectivity index (χ3v) is 4.23. The quantitative estimate of drug-likeness (QED) is 0.800. The molecule has 1 amide bonds. The summed E-state index contributed by atoms with van der Waals surface area (Å²) >= 11 is 0. The lowest BCUT2D eigenvalue weighted by molar-refractivity contribution is -0.135. The largest absolute Gasteiger partial charge is 0.341 e. The number of carbonyl (C=O) groups is 1. The monoisotopic (exact) mass is 240 g/mol. The van der Waals surface area contributed by atoms with Gasteiger partial charge in [-0.1, -0.05) is 27.2 Å². The molecule has 1 N–H and O–H groups in total. The van der Waals surface area contributed by atoms with Crippen molar-refractivity contribution in [3.05, 3.63) is 0 Å². The van der Waals surface area contributed by atoms with Gasteiger partial charge in [-0.05, 0) is 38.1 Å². The van der Waals surface area contributed by atoms with Crippen molar-refractivity contribution in [1.82, 2.24) is 10.2 Å². The minimum absolute atomic E-state index is 0.0549. The Morgan fingerprint density at radius 1 is 1.35 bits per heavy atom. The molecule has 2 atom stereocenters. The Kier molecular flexibility index (Phi) is 5.96. The van der Waals surface area contributed by atoms with E-state index < -0.39 is 0 Å². The van der Waals surface area contributed by atoms with E-state index in [1.54, 1.807) is 0 Å². The van der Waals surface area contributed by atoms with Crippen molar-refractivity contribution in [2.45, 2.75) is 65.0 Å². The van der Waals surface area contributed by atoms with Crippen molar-refractivity contribution in [1.29, 1.82) is 0 Å². The highest BCUT2D eigenvalue weighted by Gasteiger charge is 2.29. The predicted molar refractivity (Wildman–Crippen MR) is 71.9 cm³/mol. The van der Waals surface area contributed by atoms with E-state index in [1.807, 2.05) is 11.9 Å². The molecule has 100 valence electrons. The fourth-order valence-electron chi connectivity index (χ4n) is 2.82. The second-order valence-electron chi connectivity index (χ2n) is 5.22. The number of rotatable bonds is 5. The number of hydrogen-bond donors (Lipinski definition) is 1. The Morgan fingerprint density at radius 2 is 2.00 bits per heavy atom. The Labute approximate surface area is 106 Å². The van der Waals surface area contributed by atoms with Crippen LogP contribution in [0.25, 0.3) is 0 Å². The summed E-state index contributed by atoms with van der Waals surface area (Å²) < 4.78 is 0. The normalized spacial score (nSPS) is 25.0. The van der Waals surface area contributed by atoms with Crippen LogP contribution in [0.4, 0.5) is 0 Å². The molecule has 1 aliphatic heterocycles. The molecule has 1 rings (SSSR count). The third-order valence-electron chi connectivity index (χ3n) is 4.23. The van der Waals surface area contributed by atoms with Crippen LogP contribution >= 0.6 is 0 Å². The summed E-state index contributed by atoms with van der Waals surface area (Å²) in [5.74, 6) is 1.01. The first kappa shape index (κ1) is 14.5. The maximum Gasteiger partial charge on any atom is 0.239 e. The van der Waals surface area contributed by atoms with Gasteiger partial charge in [-0.2, -0.15) is 0 Å². The summed E-state index contributed by atoms with van der Waals surface area (Å²) in [4.78, 5) is 14.3. The van der Waals surface area contributed by atoms with Crippen LogP contribution in [0, 0.1) is 5.92 Å². The molecule has 0 saturated carbocycles. The maximum atomic E-state index is 12.4. The van der Waals surface area contributed by atoms with E-state index in [1.165, 1.54) is 12.8 Å². The second-order valence-corrected chi connectivity index (χ2v) is 5.22. The highest BCUT2D eigenvalue weighted by atomic mass is 16.2. The number of amides is 1. The van der Waals surface area contributed by atoms with Crippen LogP contribution in [-0.4, -0.2) is 36.5 Å². The zero-order valence-electron chi connectivity index (χ0n) is 11.8. The number of nitrogens with zero attached hydrogens (tertiary/aromatic N) is 1. The smallest absolute Gasteiger partial charge is 0.239 e. The van der Waals surface area contributed by atoms with Crippen molar-refractivity contribution < 1.29 is 4.79 Å². The first-order chi connectivity index (χ1) is 8.13. The molecule has 0 aromatic carbocycles. The molecule has 3 heteroatoms. The molecule has 1 fully saturated rings. The molecule has 0 radical (unpaired) electrons. The molecule has 0 spiro atoms. The number of carbonyl (C=O) groups excluding carboxylic acids is 1. The van der Waals surface area contributed by atoms with Gasteiger partial charge in [0.15, 0.2) is 0 Å². The Hall–Kier alpha value is -0.570. The van der Waals surface area contributed by atoms with Crippen molar-refractivity contribution in [2.24, 2.45) is 5.92 Å². The molecule has 0 aromatic rings. The van der Waals surface area contributed by atoms with Gasteiger partial charge in [-0.3, -0.25) is 4.79 Å². The molecule has 3 nitrogen and oxygen atoms in total. The third kappa shape index (κ3) is 3.70. The van der Waals surface area contributed by atoms with Gasteiger partial charge in [0, 0.05) is 13.1 Å². The summed E-state index contributed by atoms with van der Waals surface area (Å²) in [7, 11) is 1.96. The van der Waals surface area contributed by atoms with Crippen LogP contribution in [0.1, 0.15) is 52.9 Å². The molecular weight excluding hydrogens is 212 g/mol. The van der Waals surface area contributed by atoms with Gasteiger partial charge in [0.1, 0.15) is 0 Å². The highest BCUT2D eigenvalue weighted by molar-refractivity contribution is 5.82. The number of likely N-dealkylation sites (N-methyl/N-ethyl adjacent to an activating group) is 1. The Bertz CT molecular complexity index is 238. The summed E-state index contributed by atoms with van der Waals surface area (Å²) in [5.41, 5.74) is 0. The zero-order valence-corrected chi connectivity index (χ0v) is 11.8. The fraction of sp³-hybridized carbons (Fsp3) is 0.929. The van der Waals surface area contributed by atoms with Gasteiger partial charge < -0.3 is 10.2 Å². The van der Waals surface area contributed by atoms with Crippen molar-refractivity contribution in [2.75, 3.05) is 13.6 Å². The van der Waals surface area contributed by atoms with Crippen molar-refractivity contribution in [3.63, 3.8) is 0 Å². The minimum Gasteiger partial charge on any atom is -0.341 e. The Morgan fingerprint density at radius 3 is 2.53 bits per heavy atom. The lowest BCUT2D eigenvalue weighted by atomic mass is 9.89. The van der Waals surface area contributed by atoms with E-state index in [0.717, 1.165) is 31.7 Å². The average Bonchev–Trinajstić information content (AvgIpc) is 2.39. The number of nitrogens with one attached hydrogen (secondary N) is 1. The van der Waals surface area contributed by atoms with Gasteiger partial charge in [-0.25, -0.2) is 0 Å². The average molecular weight is 240 g/mol. The van der Waals surface area contributed by atoms with Gasteiger partial charge in [0.05, 0.1) is 6.04 Å². The predicted octanol–water partition coefficient (Wildman–Crippen LogP) is 2.41. The van der Waals surface area contributed by atoms with E-state index in [-0.39, 0.29) is 11.9 Å². The highest BCUT2D eigenvalue weighted by Crippen LogP contribution is 2.21. The topological polar surface area (TPSA) is 32.3 Å².